The number of hydrogen-bond acceptors (Lipinski definition) is 3. The molecule has 0 fully saturated rings. The van der Waals surface area contributed by atoms with Gasteiger partial charge in [0.25, 0.3) is 5.91 Å². The number of benzene rings is 1. The molecule has 17 heavy (non-hydrogen) atoms. The van der Waals surface area contributed by atoms with Crippen molar-refractivity contribution in [2.45, 2.75) is 6.92 Å². The Morgan fingerprint density at radius 2 is 2.06 bits per heavy atom. The van der Waals surface area contributed by atoms with Gasteiger partial charge in [0.05, 0.1) is 6.54 Å². The maximum absolute atomic E-state index is 12.0. The number of hydrogen-bond donors (Lipinski definition) is 2. The van der Waals surface area contributed by atoms with Crippen molar-refractivity contribution in [2.24, 2.45) is 0 Å². The van der Waals surface area contributed by atoms with Gasteiger partial charge in [0.1, 0.15) is 5.75 Å². The van der Waals surface area contributed by atoms with Crippen molar-refractivity contribution in [1.82, 2.24) is 10.2 Å². The van der Waals surface area contributed by atoms with E-state index >= 15 is 0 Å². The number of carbonyl (C=O) groups is 2. The van der Waals surface area contributed by atoms with Crippen molar-refractivity contribution in [3.05, 3.63) is 29.3 Å². The molecule has 0 radical (unpaired) electrons. The second-order valence-electron chi connectivity index (χ2n) is 3.78. The first-order valence-electron chi connectivity index (χ1n) is 5.22. The van der Waals surface area contributed by atoms with E-state index in [1.807, 2.05) is 0 Å². The third-order valence-electron chi connectivity index (χ3n) is 2.54. The Labute approximate surface area is 100 Å². The van der Waals surface area contributed by atoms with Crippen LogP contribution in [0.4, 0.5) is 0 Å². The number of phenolic OH excluding ortho intramolecular Hbond substituents is 1. The highest BCUT2D eigenvalue weighted by Crippen LogP contribution is 2.20. The molecular formula is C12H16N2O3. The number of phenols is 1. The summed E-state index contributed by atoms with van der Waals surface area (Å²) in [6.07, 6.45) is 0. The van der Waals surface area contributed by atoms with Gasteiger partial charge >= 0.3 is 0 Å². The van der Waals surface area contributed by atoms with Crippen LogP contribution in [0.2, 0.25) is 0 Å². The van der Waals surface area contributed by atoms with Gasteiger partial charge < -0.3 is 15.3 Å². The fourth-order valence-electron chi connectivity index (χ4n) is 1.43. The smallest absolute Gasteiger partial charge is 0.254 e. The van der Waals surface area contributed by atoms with Crippen LogP contribution < -0.4 is 5.32 Å². The predicted molar refractivity (Wildman–Crippen MR) is 63.9 cm³/mol. The van der Waals surface area contributed by atoms with Gasteiger partial charge in [-0.2, -0.15) is 0 Å². The Hall–Kier alpha value is -2.04. The zero-order chi connectivity index (χ0) is 13.0. The molecule has 2 N–H and O–H groups in total. The molecule has 0 unspecified atom stereocenters. The highest BCUT2D eigenvalue weighted by atomic mass is 16.3. The number of nitrogens with zero attached hydrogens (tertiary/aromatic N) is 1. The van der Waals surface area contributed by atoms with Gasteiger partial charge in [-0.15, -0.1) is 0 Å². The molecule has 0 aliphatic heterocycles. The standard InChI is InChI=1S/C12H16N2O3/c1-8-9(5-4-6-10(8)15)12(17)14(3)7-11(16)13-2/h4-6,15H,7H2,1-3H3,(H,13,16). The number of aromatic hydroxyl groups is 1. The summed E-state index contributed by atoms with van der Waals surface area (Å²) >= 11 is 0. The first kappa shape index (κ1) is 13.0. The summed E-state index contributed by atoms with van der Waals surface area (Å²) in [5.74, 6) is -0.454. The van der Waals surface area contributed by atoms with E-state index in [0.29, 0.717) is 11.1 Å². The van der Waals surface area contributed by atoms with Crippen molar-refractivity contribution in [1.29, 1.82) is 0 Å². The van der Waals surface area contributed by atoms with Crippen LogP contribution in [0.3, 0.4) is 0 Å². The Bertz CT molecular complexity index is 443. The van der Waals surface area contributed by atoms with Gasteiger partial charge in [-0.1, -0.05) is 6.07 Å². The molecule has 5 heteroatoms. The molecule has 0 aliphatic carbocycles. The van der Waals surface area contributed by atoms with Gasteiger partial charge in [-0.3, -0.25) is 9.59 Å². The summed E-state index contributed by atoms with van der Waals surface area (Å²) < 4.78 is 0. The molecule has 5 nitrogen and oxygen atoms in total. The van der Waals surface area contributed by atoms with Crippen LogP contribution in [0, 0.1) is 6.92 Å². The van der Waals surface area contributed by atoms with E-state index in [-0.39, 0.29) is 24.1 Å². The molecular weight excluding hydrogens is 220 g/mol. The zero-order valence-corrected chi connectivity index (χ0v) is 10.2. The Kier molecular flexibility index (Phi) is 4.09. The summed E-state index contributed by atoms with van der Waals surface area (Å²) in [6.45, 7) is 1.65. The molecule has 0 heterocycles. The number of likely N-dealkylation sites (N-methyl/N-ethyl adjacent to an activating group) is 2. The summed E-state index contributed by atoms with van der Waals surface area (Å²) in [4.78, 5) is 24.5. The van der Waals surface area contributed by atoms with Crippen LogP contribution in [-0.2, 0) is 4.79 Å². The van der Waals surface area contributed by atoms with E-state index in [1.54, 1.807) is 26.1 Å². The average Bonchev–Trinajstić information content (AvgIpc) is 2.31. The van der Waals surface area contributed by atoms with E-state index in [2.05, 4.69) is 5.32 Å². The first-order valence-corrected chi connectivity index (χ1v) is 5.22. The molecule has 0 aliphatic rings. The van der Waals surface area contributed by atoms with Crippen molar-refractivity contribution >= 4 is 11.8 Å². The van der Waals surface area contributed by atoms with E-state index in [9.17, 15) is 14.7 Å². The van der Waals surface area contributed by atoms with Gasteiger partial charge in [0, 0.05) is 25.2 Å². The monoisotopic (exact) mass is 236 g/mol. The molecule has 0 saturated carbocycles. The molecule has 0 bridgehead atoms. The van der Waals surface area contributed by atoms with Crippen LogP contribution >= 0.6 is 0 Å². The number of nitrogens with one attached hydrogen (secondary N) is 1. The molecule has 1 rings (SSSR count). The molecule has 1 aromatic carbocycles. The summed E-state index contributed by atoms with van der Waals surface area (Å²) in [7, 11) is 3.06. The van der Waals surface area contributed by atoms with Crippen molar-refractivity contribution in [2.75, 3.05) is 20.6 Å². The van der Waals surface area contributed by atoms with E-state index in [4.69, 9.17) is 0 Å². The van der Waals surface area contributed by atoms with Crippen LogP contribution in [0.15, 0.2) is 18.2 Å². The third-order valence-corrected chi connectivity index (χ3v) is 2.54. The lowest BCUT2D eigenvalue weighted by Gasteiger charge is -2.17. The van der Waals surface area contributed by atoms with Gasteiger partial charge in [0.2, 0.25) is 5.91 Å². The maximum Gasteiger partial charge on any atom is 0.254 e. The molecule has 1 aromatic rings. The van der Waals surface area contributed by atoms with E-state index < -0.39 is 0 Å². The highest BCUT2D eigenvalue weighted by molar-refractivity contribution is 5.98. The number of carbonyl (C=O) groups excluding carboxylic acids is 2. The largest absolute Gasteiger partial charge is 0.508 e. The van der Waals surface area contributed by atoms with Gasteiger partial charge in [0.15, 0.2) is 0 Å². The molecule has 0 spiro atoms. The lowest BCUT2D eigenvalue weighted by Crippen LogP contribution is -2.37. The molecule has 0 saturated heterocycles. The third kappa shape index (κ3) is 2.96. The summed E-state index contributed by atoms with van der Waals surface area (Å²) in [6, 6.07) is 4.74. The second kappa shape index (κ2) is 5.34. The topological polar surface area (TPSA) is 69.6 Å². The normalized spacial score (nSPS) is 9.82. The van der Waals surface area contributed by atoms with Crippen LogP contribution in [0.1, 0.15) is 15.9 Å². The summed E-state index contributed by atoms with van der Waals surface area (Å²) in [5.41, 5.74) is 0.914. The van der Waals surface area contributed by atoms with Crippen molar-refractivity contribution < 1.29 is 14.7 Å². The number of rotatable bonds is 3. The second-order valence-corrected chi connectivity index (χ2v) is 3.78. The van der Waals surface area contributed by atoms with Gasteiger partial charge in [-0.05, 0) is 19.1 Å². The Morgan fingerprint density at radius 1 is 1.41 bits per heavy atom. The average molecular weight is 236 g/mol. The first-order chi connectivity index (χ1) is 7.97. The minimum atomic E-state index is -0.290. The van der Waals surface area contributed by atoms with Crippen LogP contribution in [-0.4, -0.2) is 42.5 Å². The van der Waals surface area contributed by atoms with E-state index in [0.717, 1.165) is 0 Å². The fraction of sp³-hybridized carbons (Fsp3) is 0.333. The van der Waals surface area contributed by atoms with Crippen LogP contribution in [0.5, 0.6) is 5.75 Å². The SMILES string of the molecule is CNC(=O)CN(C)C(=O)c1cccc(O)c1C. The molecule has 2 amide bonds. The molecule has 0 atom stereocenters. The quantitative estimate of drug-likeness (QED) is 0.803. The highest BCUT2D eigenvalue weighted by Gasteiger charge is 2.17. The zero-order valence-electron chi connectivity index (χ0n) is 10.2. The Morgan fingerprint density at radius 3 is 2.65 bits per heavy atom. The van der Waals surface area contributed by atoms with Gasteiger partial charge in [-0.25, -0.2) is 0 Å². The lowest BCUT2D eigenvalue weighted by atomic mass is 10.1. The number of amides is 2. The molecule has 92 valence electrons. The Balaban J connectivity index is 2.89. The minimum Gasteiger partial charge on any atom is -0.508 e. The fourth-order valence-corrected chi connectivity index (χ4v) is 1.43. The predicted octanol–water partition coefficient (Wildman–Crippen LogP) is 0.519. The van der Waals surface area contributed by atoms with Crippen LogP contribution in [0.25, 0.3) is 0 Å². The minimum absolute atomic E-state index is 0.00949. The maximum atomic E-state index is 12.0. The van der Waals surface area contributed by atoms with Crippen molar-refractivity contribution in [3.8, 4) is 5.75 Å². The lowest BCUT2D eigenvalue weighted by molar-refractivity contribution is -0.121. The van der Waals surface area contributed by atoms with E-state index in [1.165, 1.54) is 18.0 Å². The van der Waals surface area contributed by atoms with Crippen molar-refractivity contribution in [3.63, 3.8) is 0 Å². The summed E-state index contributed by atoms with van der Waals surface area (Å²) in [5, 5.41) is 12.0. The molecule has 0 aromatic heterocycles.